The minimum absolute atomic E-state index is 0. The Labute approximate surface area is 169 Å². The van der Waals surface area contributed by atoms with Gasteiger partial charge >= 0.3 is 0 Å². The Morgan fingerprint density at radius 1 is 1.32 bits per heavy atom. The quantitative estimate of drug-likeness (QED) is 0.342. The third-order valence-corrected chi connectivity index (χ3v) is 4.53. The fraction of sp³-hybridized carbons (Fsp3) is 0.353. The van der Waals surface area contributed by atoms with Gasteiger partial charge < -0.3 is 16.4 Å². The molecule has 0 aliphatic heterocycles. The van der Waals surface area contributed by atoms with Gasteiger partial charge in [0.05, 0.1) is 18.8 Å². The summed E-state index contributed by atoms with van der Waals surface area (Å²) in [5.74, 6) is 0.285. The maximum atomic E-state index is 11.2. The molecule has 2 aromatic rings. The topological polar surface area (TPSA) is 92.4 Å². The third kappa shape index (κ3) is 6.62. The van der Waals surface area contributed by atoms with E-state index in [0.717, 1.165) is 22.8 Å². The first kappa shape index (κ1) is 21.4. The molecule has 1 heterocycles. The van der Waals surface area contributed by atoms with E-state index < -0.39 is 5.91 Å². The van der Waals surface area contributed by atoms with Gasteiger partial charge in [0.2, 0.25) is 5.91 Å². The SMILES string of the molecule is CCNC(=NCc1cccc(C(N)=O)c1)NCc1nc(C)c(C)s1.I. The summed E-state index contributed by atoms with van der Waals surface area (Å²) in [7, 11) is 0. The van der Waals surface area contributed by atoms with Gasteiger partial charge in [-0.1, -0.05) is 12.1 Å². The second-order valence-corrected chi connectivity index (χ2v) is 6.65. The summed E-state index contributed by atoms with van der Waals surface area (Å²) in [5.41, 5.74) is 7.81. The Bertz CT molecular complexity index is 725. The van der Waals surface area contributed by atoms with Crippen molar-refractivity contribution in [1.82, 2.24) is 15.6 Å². The van der Waals surface area contributed by atoms with Crippen molar-refractivity contribution < 1.29 is 4.79 Å². The molecule has 2 rings (SSSR count). The number of primary amides is 1. The van der Waals surface area contributed by atoms with Gasteiger partial charge in [-0.15, -0.1) is 35.3 Å². The van der Waals surface area contributed by atoms with Crippen LogP contribution in [0.15, 0.2) is 29.3 Å². The highest BCUT2D eigenvalue weighted by Gasteiger charge is 2.05. The maximum absolute atomic E-state index is 11.2. The Hall–Kier alpha value is -1.68. The lowest BCUT2D eigenvalue weighted by molar-refractivity contribution is 0.1000. The van der Waals surface area contributed by atoms with Crippen LogP contribution in [0.2, 0.25) is 0 Å². The van der Waals surface area contributed by atoms with Crippen molar-refractivity contribution in [2.45, 2.75) is 33.9 Å². The lowest BCUT2D eigenvalue weighted by Gasteiger charge is -2.10. The summed E-state index contributed by atoms with van der Waals surface area (Å²) in [5, 5.41) is 7.52. The van der Waals surface area contributed by atoms with Crippen LogP contribution in [0.3, 0.4) is 0 Å². The van der Waals surface area contributed by atoms with Crippen molar-refractivity contribution in [3.63, 3.8) is 0 Å². The minimum atomic E-state index is -0.430. The Morgan fingerprint density at radius 2 is 2.08 bits per heavy atom. The average molecular weight is 473 g/mol. The van der Waals surface area contributed by atoms with Crippen LogP contribution in [0.4, 0.5) is 0 Å². The zero-order valence-corrected chi connectivity index (χ0v) is 17.8. The molecule has 1 aromatic heterocycles. The number of thiazole rings is 1. The number of aromatic nitrogens is 1. The molecule has 1 aromatic carbocycles. The van der Waals surface area contributed by atoms with Gasteiger partial charge in [0.25, 0.3) is 0 Å². The van der Waals surface area contributed by atoms with Crippen LogP contribution in [0.5, 0.6) is 0 Å². The van der Waals surface area contributed by atoms with Crippen molar-refractivity contribution in [2.24, 2.45) is 10.7 Å². The second-order valence-electron chi connectivity index (χ2n) is 5.36. The molecule has 0 aliphatic carbocycles. The van der Waals surface area contributed by atoms with Gasteiger partial charge in [0, 0.05) is 17.0 Å². The molecule has 0 spiro atoms. The Morgan fingerprint density at radius 3 is 2.68 bits per heavy atom. The molecule has 1 amide bonds. The number of carbonyl (C=O) groups is 1. The van der Waals surface area contributed by atoms with Gasteiger partial charge in [-0.2, -0.15) is 0 Å². The summed E-state index contributed by atoms with van der Waals surface area (Å²) in [6.45, 7) is 7.96. The van der Waals surface area contributed by atoms with Crippen molar-refractivity contribution >= 4 is 47.2 Å². The smallest absolute Gasteiger partial charge is 0.248 e. The predicted molar refractivity (Wildman–Crippen MR) is 114 cm³/mol. The van der Waals surface area contributed by atoms with Gasteiger partial charge in [-0.3, -0.25) is 4.79 Å². The monoisotopic (exact) mass is 473 g/mol. The van der Waals surface area contributed by atoms with Gasteiger partial charge in [0.1, 0.15) is 5.01 Å². The largest absolute Gasteiger partial charge is 0.366 e. The van der Waals surface area contributed by atoms with E-state index in [1.807, 2.05) is 26.0 Å². The number of aryl methyl sites for hydroxylation is 2. The molecular formula is C17H24IN5OS. The van der Waals surface area contributed by atoms with Crippen molar-refractivity contribution in [3.8, 4) is 0 Å². The van der Waals surface area contributed by atoms with E-state index in [1.165, 1.54) is 4.88 Å². The standard InChI is InChI=1S/C17H23N5OS.HI/c1-4-19-17(21-10-15-22-11(2)12(3)24-15)20-9-13-6-5-7-14(8-13)16(18)23;/h5-8H,4,9-10H2,1-3H3,(H2,18,23)(H2,19,20,21);1H. The number of nitrogens with one attached hydrogen (secondary N) is 2. The van der Waals surface area contributed by atoms with Crippen LogP contribution in [-0.2, 0) is 13.1 Å². The maximum Gasteiger partial charge on any atom is 0.248 e. The lowest BCUT2D eigenvalue weighted by atomic mass is 10.1. The number of hydrogen-bond acceptors (Lipinski definition) is 4. The second kappa shape index (κ2) is 10.3. The van der Waals surface area contributed by atoms with Crippen LogP contribution in [0.25, 0.3) is 0 Å². The number of hydrogen-bond donors (Lipinski definition) is 3. The van der Waals surface area contributed by atoms with E-state index in [1.54, 1.807) is 23.5 Å². The molecule has 4 N–H and O–H groups in total. The minimum Gasteiger partial charge on any atom is -0.366 e. The zero-order chi connectivity index (χ0) is 17.5. The number of nitrogens with two attached hydrogens (primary N) is 1. The lowest BCUT2D eigenvalue weighted by Crippen LogP contribution is -2.36. The van der Waals surface area contributed by atoms with Crippen LogP contribution in [-0.4, -0.2) is 23.4 Å². The molecule has 0 fully saturated rings. The molecule has 0 bridgehead atoms. The van der Waals surface area contributed by atoms with E-state index in [2.05, 4.69) is 27.5 Å². The molecule has 25 heavy (non-hydrogen) atoms. The van der Waals surface area contributed by atoms with E-state index >= 15 is 0 Å². The van der Waals surface area contributed by atoms with Gasteiger partial charge in [0.15, 0.2) is 5.96 Å². The Balaban J connectivity index is 0.00000312. The summed E-state index contributed by atoms with van der Waals surface area (Å²) in [6.07, 6.45) is 0. The van der Waals surface area contributed by atoms with E-state index in [-0.39, 0.29) is 24.0 Å². The first-order valence-electron chi connectivity index (χ1n) is 7.83. The number of rotatable bonds is 6. The summed E-state index contributed by atoms with van der Waals surface area (Å²) in [6, 6.07) is 7.20. The number of guanidine groups is 1. The average Bonchev–Trinajstić information content (AvgIpc) is 2.88. The normalized spacial score (nSPS) is 10.9. The molecule has 0 unspecified atom stereocenters. The number of halogens is 1. The molecule has 136 valence electrons. The van der Waals surface area contributed by atoms with Gasteiger partial charge in [-0.05, 0) is 38.5 Å². The van der Waals surface area contributed by atoms with Gasteiger partial charge in [-0.25, -0.2) is 9.98 Å². The highest BCUT2D eigenvalue weighted by molar-refractivity contribution is 14.0. The van der Waals surface area contributed by atoms with Crippen molar-refractivity contribution in [3.05, 3.63) is 51.0 Å². The first-order chi connectivity index (χ1) is 11.5. The van der Waals surface area contributed by atoms with E-state index in [0.29, 0.717) is 24.6 Å². The number of aliphatic imine (C=N–C) groups is 1. The summed E-state index contributed by atoms with van der Waals surface area (Å²) in [4.78, 5) is 21.5. The summed E-state index contributed by atoms with van der Waals surface area (Å²) < 4.78 is 0. The fourth-order valence-electron chi connectivity index (χ4n) is 2.11. The number of amides is 1. The molecule has 0 radical (unpaired) electrons. The molecular weight excluding hydrogens is 449 g/mol. The molecule has 6 nitrogen and oxygen atoms in total. The van der Waals surface area contributed by atoms with Crippen LogP contribution >= 0.6 is 35.3 Å². The van der Waals surface area contributed by atoms with Crippen LogP contribution in [0.1, 0.15) is 38.4 Å². The van der Waals surface area contributed by atoms with Crippen LogP contribution in [0, 0.1) is 13.8 Å². The van der Waals surface area contributed by atoms with Crippen molar-refractivity contribution in [1.29, 1.82) is 0 Å². The van der Waals surface area contributed by atoms with E-state index in [4.69, 9.17) is 5.73 Å². The number of nitrogens with zero attached hydrogens (tertiary/aromatic N) is 2. The summed E-state index contributed by atoms with van der Waals surface area (Å²) >= 11 is 1.69. The van der Waals surface area contributed by atoms with E-state index in [9.17, 15) is 4.79 Å². The Kier molecular flexibility index (Phi) is 8.84. The van der Waals surface area contributed by atoms with Crippen molar-refractivity contribution in [2.75, 3.05) is 6.54 Å². The molecule has 0 aliphatic rings. The fourth-order valence-corrected chi connectivity index (χ4v) is 2.98. The molecule has 0 saturated heterocycles. The highest BCUT2D eigenvalue weighted by atomic mass is 127. The molecule has 0 saturated carbocycles. The number of benzene rings is 1. The first-order valence-corrected chi connectivity index (χ1v) is 8.65. The third-order valence-electron chi connectivity index (χ3n) is 3.46. The number of carbonyl (C=O) groups excluding carboxylic acids is 1. The molecule has 8 heteroatoms. The predicted octanol–water partition coefficient (Wildman–Crippen LogP) is 2.73. The zero-order valence-electron chi connectivity index (χ0n) is 14.6. The molecule has 0 atom stereocenters. The highest BCUT2D eigenvalue weighted by Crippen LogP contribution is 2.15. The van der Waals surface area contributed by atoms with Crippen LogP contribution < -0.4 is 16.4 Å².